The monoisotopic (exact) mass is 538 g/mol. The van der Waals surface area contributed by atoms with Crippen LogP contribution in [-0.2, 0) is 7.05 Å². The summed E-state index contributed by atoms with van der Waals surface area (Å²) in [5, 5.41) is 8.56. The van der Waals surface area contributed by atoms with E-state index >= 15 is 0 Å². The van der Waals surface area contributed by atoms with Crippen molar-refractivity contribution in [3.05, 3.63) is 77.7 Å². The highest BCUT2D eigenvalue weighted by molar-refractivity contribution is 7.99. The number of ether oxygens (including phenoxy) is 1. The summed E-state index contributed by atoms with van der Waals surface area (Å²) >= 11 is 6.90. The largest absolute Gasteiger partial charge is 0.481 e. The number of fused-ring (bicyclic) bond motifs is 1. The standard InChI is InChI=1S/C19H18FN7S.C6H6ClNO/c1-11-15(14-5-4-6-16(17(14)20)26-28-3)7-12-8-21-19(25-18(12)23-11)24-13-9-22-27(2)10-13;1-9-6-3-2-5(7)4-8-6/h4-10,26H,1-3H3,(H,21,23,24,25);2-4H,1H3. The molecule has 0 unspecified atom stereocenters. The molecule has 0 fully saturated rings. The highest BCUT2D eigenvalue weighted by atomic mass is 35.5. The van der Waals surface area contributed by atoms with E-state index < -0.39 is 0 Å². The Morgan fingerprint density at radius 3 is 2.57 bits per heavy atom. The number of hydrogen-bond donors (Lipinski definition) is 2. The molecule has 0 aliphatic carbocycles. The molecule has 1 aromatic carbocycles. The molecular weight excluding hydrogens is 515 g/mol. The first-order valence-electron chi connectivity index (χ1n) is 11.0. The molecule has 4 aromatic heterocycles. The lowest BCUT2D eigenvalue weighted by atomic mass is 10.0. The Bertz CT molecular complexity index is 1510. The lowest BCUT2D eigenvalue weighted by Gasteiger charge is -2.12. The maximum atomic E-state index is 14.9. The first kappa shape index (κ1) is 26.1. The summed E-state index contributed by atoms with van der Waals surface area (Å²) in [6.45, 7) is 1.85. The van der Waals surface area contributed by atoms with Crippen LogP contribution in [0.25, 0.3) is 22.2 Å². The second-order valence-electron chi connectivity index (χ2n) is 7.75. The molecule has 5 rings (SSSR count). The van der Waals surface area contributed by atoms with Gasteiger partial charge in [0.15, 0.2) is 11.5 Å². The fourth-order valence-corrected chi connectivity index (χ4v) is 3.90. The van der Waals surface area contributed by atoms with Gasteiger partial charge in [-0.05, 0) is 25.1 Å². The minimum absolute atomic E-state index is 0.308. The summed E-state index contributed by atoms with van der Waals surface area (Å²) in [4.78, 5) is 17.2. The summed E-state index contributed by atoms with van der Waals surface area (Å²) < 4.78 is 24.3. The second-order valence-corrected chi connectivity index (χ2v) is 8.80. The first-order valence-corrected chi connectivity index (χ1v) is 12.6. The molecule has 0 aliphatic heterocycles. The zero-order valence-corrected chi connectivity index (χ0v) is 22.1. The van der Waals surface area contributed by atoms with Crippen molar-refractivity contribution in [1.82, 2.24) is 29.7 Å². The molecule has 190 valence electrons. The molecule has 0 amide bonds. The van der Waals surface area contributed by atoms with Crippen LogP contribution in [0.4, 0.5) is 21.7 Å². The van der Waals surface area contributed by atoms with Crippen LogP contribution in [0.15, 0.2) is 61.2 Å². The average molecular weight is 539 g/mol. The lowest BCUT2D eigenvalue weighted by molar-refractivity contribution is 0.398. The van der Waals surface area contributed by atoms with E-state index in [9.17, 15) is 4.39 Å². The number of pyridine rings is 2. The third-order valence-electron chi connectivity index (χ3n) is 5.13. The van der Waals surface area contributed by atoms with E-state index in [2.05, 4.69) is 35.1 Å². The molecule has 0 saturated carbocycles. The van der Waals surface area contributed by atoms with Crippen molar-refractivity contribution in [1.29, 1.82) is 0 Å². The molecule has 0 spiro atoms. The molecule has 0 bridgehead atoms. The Kier molecular flexibility index (Phi) is 8.36. The van der Waals surface area contributed by atoms with E-state index in [1.165, 1.54) is 11.9 Å². The van der Waals surface area contributed by atoms with Crippen molar-refractivity contribution in [2.24, 2.45) is 7.05 Å². The van der Waals surface area contributed by atoms with Crippen LogP contribution < -0.4 is 14.8 Å². The maximum absolute atomic E-state index is 14.9. The van der Waals surface area contributed by atoms with Crippen LogP contribution >= 0.6 is 23.5 Å². The molecule has 37 heavy (non-hydrogen) atoms. The van der Waals surface area contributed by atoms with Gasteiger partial charge in [0.1, 0.15) is 0 Å². The lowest BCUT2D eigenvalue weighted by Crippen LogP contribution is -2.00. The normalized spacial score (nSPS) is 10.5. The molecule has 4 heterocycles. The van der Waals surface area contributed by atoms with Gasteiger partial charge in [-0.15, -0.1) is 0 Å². The van der Waals surface area contributed by atoms with Gasteiger partial charge in [-0.1, -0.05) is 35.7 Å². The number of nitrogens with zero attached hydrogens (tertiary/aromatic N) is 6. The van der Waals surface area contributed by atoms with Crippen LogP contribution in [0, 0.1) is 12.7 Å². The highest BCUT2D eigenvalue weighted by Crippen LogP contribution is 2.32. The number of methoxy groups -OCH3 is 1. The Labute approximate surface area is 222 Å². The minimum atomic E-state index is -0.308. The van der Waals surface area contributed by atoms with Crippen molar-refractivity contribution in [2.75, 3.05) is 23.4 Å². The van der Waals surface area contributed by atoms with Gasteiger partial charge in [0.25, 0.3) is 0 Å². The molecular formula is C25H24ClFN8OS. The quantitative estimate of drug-likeness (QED) is 0.250. The van der Waals surface area contributed by atoms with E-state index in [0.717, 1.165) is 11.1 Å². The zero-order chi connectivity index (χ0) is 26.4. The van der Waals surface area contributed by atoms with Gasteiger partial charge in [0.05, 0.1) is 29.7 Å². The van der Waals surface area contributed by atoms with Crippen molar-refractivity contribution in [2.45, 2.75) is 6.92 Å². The number of hydrogen-bond acceptors (Lipinski definition) is 9. The van der Waals surface area contributed by atoms with Gasteiger partial charge in [-0.2, -0.15) is 10.1 Å². The molecule has 5 aromatic rings. The number of aryl methyl sites for hydroxylation is 2. The van der Waals surface area contributed by atoms with Gasteiger partial charge >= 0.3 is 0 Å². The molecule has 0 atom stereocenters. The Balaban J connectivity index is 0.000000301. The van der Waals surface area contributed by atoms with Gasteiger partial charge in [-0.3, -0.25) is 4.68 Å². The number of aromatic nitrogens is 6. The van der Waals surface area contributed by atoms with Gasteiger partial charge in [0, 0.05) is 60.2 Å². The van der Waals surface area contributed by atoms with Crippen LogP contribution in [0.3, 0.4) is 0 Å². The maximum Gasteiger partial charge on any atom is 0.229 e. The molecule has 0 radical (unpaired) electrons. The fourth-order valence-electron chi connectivity index (χ4n) is 3.41. The molecule has 9 nitrogen and oxygen atoms in total. The predicted octanol–water partition coefficient (Wildman–Crippen LogP) is 6.05. The molecule has 12 heteroatoms. The van der Waals surface area contributed by atoms with Crippen molar-refractivity contribution >= 4 is 51.9 Å². The summed E-state index contributed by atoms with van der Waals surface area (Å²) in [5.41, 5.74) is 3.67. The molecule has 0 aliphatic rings. The van der Waals surface area contributed by atoms with Crippen LogP contribution in [-0.4, -0.2) is 43.1 Å². The first-order chi connectivity index (χ1) is 17.9. The number of nitrogens with one attached hydrogen (secondary N) is 2. The average Bonchev–Trinajstić information content (AvgIpc) is 3.30. The third kappa shape index (κ3) is 6.43. The number of benzene rings is 1. The van der Waals surface area contributed by atoms with E-state index in [1.54, 1.807) is 54.6 Å². The minimum Gasteiger partial charge on any atom is -0.481 e. The Morgan fingerprint density at radius 1 is 1.05 bits per heavy atom. The Hall–Kier alpha value is -3.96. The van der Waals surface area contributed by atoms with Crippen LogP contribution in [0.1, 0.15) is 5.69 Å². The second kappa shape index (κ2) is 11.8. The SMILES string of the molecule is COc1ccc(Cl)cn1.CSNc1cccc(-c2cc3cnc(Nc4cnn(C)c4)nc3nc2C)c1F. The highest BCUT2D eigenvalue weighted by Gasteiger charge is 2.14. The van der Waals surface area contributed by atoms with E-state index in [-0.39, 0.29) is 5.82 Å². The van der Waals surface area contributed by atoms with E-state index in [4.69, 9.17) is 16.3 Å². The van der Waals surface area contributed by atoms with Crippen molar-refractivity contribution < 1.29 is 9.13 Å². The van der Waals surface area contributed by atoms with Gasteiger partial charge in [-0.25, -0.2) is 19.3 Å². The predicted molar refractivity (Wildman–Crippen MR) is 147 cm³/mol. The molecule has 0 saturated heterocycles. The summed E-state index contributed by atoms with van der Waals surface area (Å²) in [5.74, 6) is 0.703. The van der Waals surface area contributed by atoms with Crippen LogP contribution in [0.2, 0.25) is 5.02 Å². The van der Waals surface area contributed by atoms with E-state index in [0.29, 0.717) is 45.0 Å². The fraction of sp³-hybridized carbons (Fsp3) is 0.160. The molecule has 2 N–H and O–H groups in total. The van der Waals surface area contributed by atoms with Gasteiger partial charge < -0.3 is 14.8 Å². The number of anilines is 3. The smallest absolute Gasteiger partial charge is 0.229 e. The summed E-state index contributed by atoms with van der Waals surface area (Å²) in [7, 11) is 3.40. The zero-order valence-electron chi connectivity index (χ0n) is 20.5. The number of rotatable bonds is 6. The van der Waals surface area contributed by atoms with Crippen LogP contribution in [0.5, 0.6) is 5.88 Å². The van der Waals surface area contributed by atoms with Crippen molar-refractivity contribution in [3.8, 4) is 17.0 Å². The topological polar surface area (TPSA) is 103 Å². The van der Waals surface area contributed by atoms with E-state index in [1.807, 2.05) is 38.6 Å². The summed E-state index contributed by atoms with van der Waals surface area (Å²) in [6, 6.07) is 10.6. The van der Waals surface area contributed by atoms with Gasteiger partial charge in [0.2, 0.25) is 11.8 Å². The number of halogens is 2. The third-order valence-corrected chi connectivity index (χ3v) is 5.78. The van der Waals surface area contributed by atoms with Crippen molar-refractivity contribution in [3.63, 3.8) is 0 Å². The summed E-state index contributed by atoms with van der Waals surface area (Å²) in [6.07, 6.45) is 8.59. The Morgan fingerprint density at radius 2 is 1.89 bits per heavy atom.